The van der Waals surface area contributed by atoms with Gasteiger partial charge in [0, 0.05) is 24.7 Å². The number of rotatable bonds is 5. The molecule has 0 unspecified atom stereocenters. The summed E-state index contributed by atoms with van der Waals surface area (Å²) in [5.41, 5.74) is 4.09. The molecule has 0 spiro atoms. The van der Waals surface area contributed by atoms with Crippen molar-refractivity contribution in [1.82, 2.24) is 9.80 Å². The van der Waals surface area contributed by atoms with Crippen molar-refractivity contribution >= 4 is 0 Å². The number of hydrogen-bond acceptors (Lipinski definition) is 3. The van der Waals surface area contributed by atoms with Crippen LogP contribution in [0.3, 0.4) is 0 Å². The third-order valence-electron chi connectivity index (χ3n) is 4.19. The highest BCUT2D eigenvalue weighted by Gasteiger charge is 2.26. The molecule has 3 nitrogen and oxygen atoms in total. The fraction of sp³-hybridized carbons (Fsp3) is 0.444. The van der Waals surface area contributed by atoms with Crippen LogP contribution in [0, 0.1) is 0 Å². The normalized spacial score (nSPS) is 19.5. The van der Waals surface area contributed by atoms with Crippen LogP contribution in [0.25, 0.3) is 0 Å². The van der Waals surface area contributed by atoms with E-state index in [1.54, 1.807) is 6.26 Å². The van der Waals surface area contributed by atoms with Crippen molar-refractivity contribution in [1.29, 1.82) is 0 Å². The molecule has 3 heteroatoms. The van der Waals surface area contributed by atoms with Crippen LogP contribution >= 0.6 is 0 Å². The van der Waals surface area contributed by atoms with Crippen LogP contribution in [0.4, 0.5) is 0 Å². The molecule has 1 fully saturated rings. The van der Waals surface area contributed by atoms with E-state index in [9.17, 15) is 0 Å². The molecule has 0 N–H and O–H groups in total. The predicted molar refractivity (Wildman–Crippen MR) is 84.9 cm³/mol. The van der Waals surface area contributed by atoms with Crippen molar-refractivity contribution < 1.29 is 4.42 Å². The van der Waals surface area contributed by atoms with Crippen molar-refractivity contribution in [2.24, 2.45) is 0 Å². The van der Waals surface area contributed by atoms with Gasteiger partial charge < -0.3 is 9.32 Å². The Morgan fingerprint density at radius 1 is 1.14 bits per heavy atom. The van der Waals surface area contributed by atoms with Gasteiger partial charge in [0.2, 0.25) is 0 Å². The largest absolute Gasteiger partial charge is 0.472 e. The second-order valence-electron chi connectivity index (χ2n) is 6.24. The Morgan fingerprint density at radius 3 is 2.62 bits per heavy atom. The van der Waals surface area contributed by atoms with E-state index in [0.717, 1.165) is 13.1 Å². The minimum atomic E-state index is 0.549. The van der Waals surface area contributed by atoms with Crippen molar-refractivity contribution in [3.05, 3.63) is 59.5 Å². The van der Waals surface area contributed by atoms with Crippen molar-refractivity contribution in [3.8, 4) is 0 Å². The summed E-state index contributed by atoms with van der Waals surface area (Å²) in [4.78, 5) is 4.77. The van der Waals surface area contributed by atoms with Crippen LogP contribution in [-0.2, 0) is 13.1 Å². The van der Waals surface area contributed by atoms with E-state index < -0.39 is 0 Å². The molecule has 1 aromatic carbocycles. The van der Waals surface area contributed by atoms with Crippen LogP contribution in [-0.4, -0.2) is 30.4 Å². The van der Waals surface area contributed by atoms with Gasteiger partial charge in [0.15, 0.2) is 0 Å². The number of furan rings is 1. The van der Waals surface area contributed by atoms with Gasteiger partial charge >= 0.3 is 0 Å². The van der Waals surface area contributed by atoms with E-state index in [4.69, 9.17) is 4.42 Å². The van der Waals surface area contributed by atoms with Gasteiger partial charge in [-0.3, -0.25) is 4.90 Å². The molecule has 112 valence electrons. The number of hydrogen-bond donors (Lipinski definition) is 0. The maximum absolute atomic E-state index is 5.19. The summed E-state index contributed by atoms with van der Waals surface area (Å²) >= 11 is 0. The molecular weight excluding hydrogens is 260 g/mol. The first kappa shape index (κ1) is 14.4. The van der Waals surface area contributed by atoms with E-state index >= 15 is 0 Å². The van der Waals surface area contributed by atoms with Crippen molar-refractivity contribution in [2.45, 2.75) is 32.0 Å². The monoisotopic (exact) mass is 284 g/mol. The van der Waals surface area contributed by atoms with Crippen LogP contribution in [0.15, 0.2) is 47.3 Å². The summed E-state index contributed by atoms with van der Waals surface area (Å²) in [7, 11) is 4.22. The zero-order valence-corrected chi connectivity index (χ0v) is 13.0. The highest BCUT2D eigenvalue weighted by Crippen LogP contribution is 2.33. The minimum Gasteiger partial charge on any atom is -0.472 e. The Hall–Kier alpha value is -1.58. The molecule has 1 aromatic heterocycles. The maximum Gasteiger partial charge on any atom is 0.0947 e. The fourth-order valence-electron chi connectivity index (χ4n) is 3.22. The molecule has 0 saturated carbocycles. The summed E-state index contributed by atoms with van der Waals surface area (Å²) in [6.45, 7) is 3.17. The third kappa shape index (κ3) is 3.55. The number of likely N-dealkylation sites (tertiary alicyclic amines) is 1. The Morgan fingerprint density at radius 2 is 1.95 bits per heavy atom. The number of benzene rings is 1. The lowest BCUT2D eigenvalue weighted by molar-refractivity contribution is 0.248. The molecule has 1 aliphatic rings. The van der Waals surface area contributed by atoms with Gasteiger partial charge in [-0.15, -0.1) is 0 Å². The molecule has 1 saturated heterocycles. The summed E-state index contributed by atoms with van der Waals surface area (Å²) < 4.78 is 5.19. The van der Waals surface area contributed by atoms with Crippen molar-refractivity contribution in [2.75, 3.05) is 20.6 Å². The molecule has 0 bridgehead atoms. The first-order chi connectivity index (χ1) is 10.2. The second-order valence-corrected chi connectivity index (χ2v) is 6.24. The average molecular weight is 284 g/mol. The van der Waals surface area contributed by atoms with E-state index in [1.165, 1.54) is 36.1 Å². The van der Waals surface area contributed by atoms with Gasteiger partial charge in [0.25, 0.3) is 0 Å². The van der Waals surface area contributed by atoms with Crippen LogP contribution < -0.4 is 0 Å². The summed E-state index contributed by atoms with van der Waals surface area (Å²) in [5.74, 6) is 0. The highest BCUT2D eigenvalue weighted by molar-refractivity contribution is 5.26. The average Bonchev–Trinajstić information content (AvgIpc) is 3.11. The highest BCUT2D eigenvalue weighted by atomic mass is 16.3. The molecule has 2 aromatic rings. The molecule has 2 heterocycles. The number of nitrogens with zero attached hydrogens (tertiary/aromatic N) is 2. The molecule has 0 amide bonds. The lowest BCUT2D eigenvalue weighted by Gasteiger charge is -2.24. The molecule has 0 radical (unpaired) electrons. The van der Waals surface area contributed by atoms with E-state index in [-0.39, 0.29) is 0 Å². The first-order valence-electron chi connectivity index (χ1n) is 7.71. The topological polar surface area (TPSA) is 19.6 Å². The molecule has 1 atom stereocenters. The van der Waals surface area contributed by atoms with Gasteiger partial charge in [-0.05, 0) is 50.7 Å². The van der Waals surface area contributed by atoms with E-state index in [2.05, 4.69) is 54.2 Å². The summed E-state index contributed by atoms with van der Waals surface area (Å²) in [6, 6.07) is 11.8. The van der Waals surface area contributed by atoms with E-state index in [0.29, 0.717) is 6.04 Å². The Labute approximate surface area is 127 Å². The maximum atomic E-state index is 5.19. The standard InChI is InChI=1S/C18H24N2O/c1-19(2)12-15-5-7-17(8-6-15)18-4-3-10-20(18)13-16-9-11-21-14-16/h5-9,11,14,18H,3-4,10,12-13H2,1-2H3/t18-/m0/s1. The molecule has 3 rings (SSSR count). The fourth-order valence-corrected chi connectivity index (χ4v) is 3.22. The van der Waals surface area contributed by atoms with Gasteiger partial charge in [-0.25, -0.2) is 0 Å². The first-order valence-corrected chi connectivity index (χ1v) is 7.71. The van der Waals surface area contributed by atoms with Crippen molar-refractivity contribution in [3.63, 3.8) is 0 Å². The quantitative estimate of drug-likeness (QED) is 0.835. The lowest BCUT2D eigenvalue weighted by Crippen LogP contribution is -2.22. The Bertz CT molecular complexity index is 545. The summed E-state index contributed by atoms with van der Waals surface area (Å²) in [5, 5.41) is 0. The molecule has 0 aliphatic carbocycles. The van der Waals surface area contributed by atoms with Gasteiger partial charge in [-0.2, -0.15) is 0 Å². The van der Waals surface area contributed by atoms with Gasteiger partial charge in [-0.1, -0.05) is 24.3 Å². The lowest BCUT2D eigenvalue weighted by atomic mass is 10.0. The van der Waals surface area contributed by atoms with E-state index in [1.807, 2.05) is 6.26 Å². The van der Waals surface area contributed by atoms with Crippen LogP contribution in [0.2, 0.25) is 0 Å². The molecule has 21 heavy (non-hydrogen) atoms. The van der Waals surface area contributed by atoms with Crippen LogP contribution in [0.1, 0.15) is 35.6 Å². The van der Waals surface area contributed by atoms with Crippen LogP contribution in [0.5, 0.6) is 0 Å². The SMILES string of the molecule is CN(C)Cc1ccc([C@@H]2CCCN2Cc2ccoc2)cc1. The smallest absolute Gasteiger partial charge is 0.0947 e. The molecule has 1 aliphatic heterocycles. The molecular formula is C18H24N2O. The Kier molecular flexibility index (Phi) is 4.42. The zero-order valence-electron chi connectivity index (χ0n) is 13.0. The third-order valence-corrected chi connectivity index (χ3v) is 4.19. The van der Waals surface area contributed by atoms with Gasteiger partial charge in [0.05, 0.1) is 12.5 Å². The summed E-state index contributed by atoms with van der Waals surface area (Å²) in [6.07, 6.45) is 6.15. The zero-order chi connectivity index (χ0) is 14.7. The Balaban J connectivity index is 1.69. The van der Waals surface area contributed by atoms with Gasteiger partial charge in [0.1, 0.15) is 0 Å². The predicted octanol–water partition coefficient (Wildman–Crippen LogP) is 3.68. The minimum absolute atomic E-state index is 0.549. The second kappa shape index (κ2) is 6.46.